The Bertz CT molecular complexity index is 386. The van der Waals surface area contributed by atoms with Crippen LogP contribution in [0, 0.1) is 11.3 Å². The van der Waals surface area contributed by atoms with Crippen LogP contribution in [0.15, 0.2) is 12.4 Å². The van der Waals surface area contributed by atoms with E-state index in [9.17, 15) is 4.79 Å². The number of halogens is 1. The van der Waals surface area contributed by atoms with Crippen molar-refractivity contribution in [1.82, 2.24) is 15.5 Å². The number of carbonyl (C=O) groups is 1. The van der Waals surface area contributed by atoms with Gasteiger partial charge in [-0.3, -0.25) is 9.89 Å². The van der Waals surface area contributed by atoms with Crippen LogP contribution in [0.5, 0.6) is 0 Å². The Hall–Kier alpha value is -1.07. The number of hydrogen-bond acceptors (Lipinski definition) is 3. The normalized spacial score (nSPS) is 25.1. The van der Waals surface area contributed by atoms with Crippen molar-refractivity contribution in [3.8, 4) is 0 Å². The number of anilines is 1. The Morgan fingerprint density at radius 2 is 2.24 bits per heavy atom. The zero-order valence-electron chi connectivity index (χ0n) is 9.53. The van der Waals surface area contributed by atoms with Crippen LogP contribution in [0.4, 0.5) is 5.69 Å². The largest absolute Gasteiger partial charge is 0.323 e. The molecule has 1 aromatic rings. The summed E-state index contributed by atoms with van der Waals surface area (Å²) in [6, 6.07) is 0. The summed E-state index contributed by atoms with van der Waals surface area (Å²) in [4.78, 5) is 12.0. The van der Waals surface area contributed by atoms with Crippen molar-refractivity contribution in [3.63, 3.8) is 0 Å². The number of nitrogens with one attached hydrogen (secondary N) is 3. The first kappa shape index (κ1) is 12.4. The van der Waals surface area contributed by atoms with Gasteiger partial charge in [-0.25, -0.2) is 0 Å². The third-order valence-electron chi connectivity index (χ3n) is 3.87. The number of amides is 1. The topological polar surface area (TPSA) is 69.8 Å². The summed E-state index contributed by atoms with van der Waals surface area (Å²) in [5, 5.41) is 12.7. The molecule has 1 atom stereocenters. The first-order valence-corrected chi connectivity index (χ1v) is 5.81. The fourth-order valence-corrected chi connectivity index (χ4v) is 2.74. The van der Waals surface area contributed by atoms with E-state index in [1.54, 1.807) is 12.4 Å². The first-order valence-electron chi connectivity index (χ1n) is 5.81. The van der Waals surface area contributed by atoms with E-state index >= 15 is 0 Å². The number of aromatic nitrogens is 2. The van der Waals surface area contributed by atoms with Crippen LogP contribution in [0.3, 0.4) is 0 Å². The molecule has 2 fully saturated rings. The second kappa shape index (κ2) is 4.66. The predicted molar refractivity (Wildman–Crippen MR) is 67.1 cm³/mol. The Morgan fingerprint density at radius 1 is 1.47 bits per heavy atom. The van der Waals surface area contributed by atoms with Crippen molar-refractivity contribution in [2.24, 2.45) is 11.3 Å². The molecule has 1 aromatic heterocycles. The fourth-order valence-electron chi connectivity index (χ4n) is 2.74. The molecule has 2 heterocycles. The number of H-pyrrole nitrogens is 1. The molecule has 94 valence electrons. The molecule has 1 aliphatic heterocycles. The molecule has 5 nitrogen and oxygen atoms in total. The highest BCUT2D eigenvalue weighted by molar-refractivity contribution is 5.94. The maximum Gasteiger partial charge on any atom is 0.228 e. The van der Waals surface area contributed by atoms with E-state index in [0.29, 0.717) is 5.41 Å². The molecule has 1 saturated heterocycles. The van der Waals surface area contributed by atoms with E-state index in [2.05, 4.69) is 20.8 Å². The predicted octanol–water partition coefficient (Wildman–Crippen LogP) is 1.16. The van der Waals surface area contributed by atoms with Gasteiger partial charge in [-0.05, 0) is 37.8 Å². The molecule has 1 aliphatic carbocycles. The molecule has 1 saturated carbocycles. The van der Waals surface area contributed by atoms with Crippen LogP contribution < -0.4 is 10.6 Å². The van der Waals surface area contributed by atoms with E-state index in [4.69, 9.17) is 0 Å². The number of nitrogens with zero attached hydrogens (tertiary/aromatic N) is 1. The fraction of sp³-hybridized carbons (Fsp3) is 0.636. The number of hydrogen-bond donors (Lipinski definition) is 3. The van der Waals surface area contributed by atoms with Gasteiger partial charge in [-0.15, -0.1) is 12.4 Å². The molecular formula is C11H17ClN4O. The van der Waals surface area contributed by atoms with E-state index in [-0.39, 0.29) is 24.2 Å². The molecule has 17 heavy (non-hydrogen) atoms. The van der Waals surface area contributed by atoms with Gasteiger partial charge in [0.25, 0.3) is 0 Å². The second-order valence-electron chi connectivity index (χ2n) is 4.85. The quantitative estimate of drug-likeness (QED) is 0.744. The summed E-state index contributed by atoms with van der Waals surface area (Å²) < 4.78 is 0. The molecule has 0 aromatic carbocycles. The number of carbonyl (C=O) groups excluding carboxylic acids is 1. The molecule has 0 bridgehead atoms. The van der Waals surface area contributed by atoms with Crippen molar-refractivity contribution in [1.29, 1.82) is 0 Å². The van der Waals surface area contributed by atoms with Crippen LogP contribution in [-0.2, 0) is 4.79 Å². The highest BCUT2D eigenvalue weighted by Gasteiger charge is 2.57. The van der Waals surface area contributed by atoms with Crippen LogP contribution in [0.1, 0.15) is 19.3 Å². The van der Waals surface area contributed by atoms with Crippen LogP contribution in [0.25, 0.3) is 0 Å². The summed E-state index contributed by atoms with van der Waals surface area (Å²) in [5.74, 6) is 0.368. The van der Waals surface area contributed by atoms with Crippen molar-refractivity contribution >= 4 is 24.0 Å². The lowest BCUT2D eigenvalue weighted by Crippen LogP contribution is -2.31. The Kier molecular flexibility index (Phi) is 3.40. The summed E-state index contributed by atoms with van der Waals surface area (Å²) in [7, 11) is 0. The summed E-state index contributed by atoms with van der Waals surface area (Å²) in [5.41, 5.74) is 1.07. The number of rotatable bonds is 2. The highest BCUT2D eigenvalue weighted by atomic mass is 35.5. The molecule has 1 spiro atoms. The Balaban J connectivity index is 0.00000108. The Morgan fingerprint density at radius 3 is 2.88 bits per heavy atom. The lowest BCUT2D eigenvalue weighted by molar-refractivity contribution is -0.118. The van der Waals surface area contributed by atoms with Gasteiger partial charge in [0.15, 0.2) is 0 Å². The van der Waals surface area contributed by atoms with E-state index in [1.165, 1.54) is 0 Å². The summed E-state index contributed by atoms with van der Waals surface area (Å²) in [6.07, 6.45) is 6.66. The monoisotopic (exact) mass is 256 g/mol. The minimum Gasteiger partial charge on any atom is -0.323 e. The van der Waals surface area contributed by atoms with Crippen molar-refractivity contribution < 1.29 is 4.79 Å². The van der Waals surface area contributed by atoms with Crippen LogP contribution in [0.2, 0.25) is 0 Å². The Labute approximate surface area is 106 Å². The minimum absolute atomic E-state index is 0. The van der Waals surface area contributed by atoms with Crippen molar-refractivity contribution in [3.05, 3.63) is 12.4 Å². The van der Waals surface area contributed by atoms with Gasteiger partial charge >= 0.3 is 0 Å². The molecule has 6 heteroatoms. The smallest absolute Gasteiger partial charge is 0.228 e. The average molecular weight is 257 g/mol. The van der Waals surface area contributed by atoms with E-state index in [1.807, 2.05) is 0 Å². The standard InChI is InChI=1S/C11H16N4O.ClH/c16-10(15-8-6-13-14-7-8)9-5-11(9)1-3-12-4-2-11;/h6-7,9,12H,1-5H2,(H,13,14)(H,15,16);1H. The maximum absolute atomic E-state index is 12.0. The van der Waals surface area contributed by atoms with E-state index in [0.717, 1.165) is 38.0 Å². The third kappa shape index (κ3) is 2.30. The van der Waals surface area contributed by atoms with Gasteiger partial charge in [-0.1, -0.05) is 0 Å². The summed E-state index contributed by atoms with van der Waals surface area (Å²) >= 11 is 0. The van der Waals surface area contributed by atoms with E-state index < -0.39 is 0 Å². The number of piperidine rings is 1. The molecule has 1 unspecified atom stereocenters. The lowest BCUT2D eigenvalue weighted by Gasteiger charge is -2.23. The SMILES string of the molecule is Cl.O=C(Nc1cn[nH]c1)C1CC12CCNCC2. The first-order chi connectivity index (χ1) is 7.80. The van der Waals surface area contributed by atoms with Gasteiger partial charge in [0.05, 0.1) is 11.9 Å². The van der Waals surface area contributed by atoms with Crippen molar-refractivity contribution in [2.75, 3.05) is 18.4 Å². The molecule has 3 rings (SSSR count). The van der Waals surface area contributed by atoms with Gasteiger partial charge in [0.2, 0.25) is 5.91 Å². The maximum atomic E-state index is 12.0. The van der Waals surface area contributed by atoms with Gasteiger partial charge in [0.1, 0.15) is 0 Å². The zero-order valence-corrected chi connectivity index (χ0v) is 10.3. The lowest BCUT2D eigenvalue weighted by atomic mass is 9.92. The molecule has 2 aliphatic rings. The van der Waals surface area contributed by atoms with Crippen LogP contribution in [-0.4, -0.2) is 29.2 Å². The van der Waals surface area contributed by atoms with Gasteiger partial charge < -0.3 is 10.6 Å². The minimum atomic E-state index is 0. The molecule has 3 N–H and O–H groups in total. The molecular weight excluding hydrogens is 240 g/mol. The molecule has 1 amide bonds. The summed E-state index contributed by atoms with van der Waals surface area (Å²) in [6.45, 7) is 2.10. The third-order valence-corrected chi connectivity index (χ3v) is 3.87. The molecule has 0 radical (unpaired) electrons. The van der Waals surface area contributed by atoms with Gasteiger partial charge in [0, 0.05) is 12.1 Å². The van der Waals surface area contributed by atoms with Gasteiger partial charge in [-0.2, -0.15) is 5.10 Å². The zero-order chi connectivity index (χ0) is 11.0. The van der Waals surface area contributed by atoms with Crippen LogP contribution >= 0.6 is 12.4 Å². The van der Waals surface area contributed by atoms with Crippen molar-refractivity contribution in [2.45, 2.75) is 19.3 Å². The second-order valence-corrected chi connectivity index (χ2v) is 4.85. The number of aromatic amines is 1. The highest BCUT2D eigenvalue weighted by Crippen LogP contribution is 2.58. The average Bonchev–Trinajstić information content (AvgIpc) is 2.76.